The first-order chi connectivity index (χ1) is 17.7. The van der Waals surface area contributed by atoms with Gasteiger partial charge in [-0.3, -0.25) is 4.99 Å². The highest BCUT2D eigenvalue weighted by atomic mass is 16.6. The molecule has 0 bridgehead atoms. The highest BCUT2D eigenvalue weighted by Gasteiger charge is 2.43. The molecule has 2 fully saturated rings. The zero-order valence-electron chi connectivity index (χ0n) is 22.3. The third kappa shape index (κ3) is 5.59. The monoisotopic (exact) mass is 512 g/mol. The van der Waals surface area contributed by atoms with Crippen molar-refractivity contribution in [1.82, 2.24) is 19.8 Å². The number of rotatable bonds is 4. The molecule has 5 heterocycles. The van der Waals surface area contributed by atoms with E-state index in [1.807, 2.05) is 27.7 Å². The number of morpholine rings is 1. The number of hydrogen-bond acceptors (Lipinski definition) is 11. The van der Waals surface area contributed by atoms with Crippen molar-refractivity contribution in [2.24, 2.45) is 20.9 Å². The predicted molar refractivity (Wildman–Crippen MR) is 139 cm³/mol. The maximum Gasteiger partial charge on any atom is 0.416 e. The van der Waals surface area contributed by atoms with Crippen molar-refractivity contribution in [3.8, 4) is 0 Å². The molecule has 0 aliphatic carbocycles. The number of ether oxygens (including phenoxy) is 3. The van der Waals surface area contributed by atoms with Crippen LogP contribution in [-0.2, 0) is 14.2 Å². The fourth-order valence-electron chi connectivity index (χ4n) is 4.82. The van der Waals surface area contributed by atoms with Crippen molar-refractivity contribution in [1.29, 1.82) is 0 Å². The van der Waals surface area contributed by atoms with E-state index >= 15 is 0 Å². The quantitative estimate of drug-likeness (QED) is 0.600. The first-order valence-electron chi connectivity index (χ1n) is 12.9. The van der Waals surface area contributed by atoms with E-state index in [0.29, 0.717) is 30.5 Å². The third-order valence-electron chi connectivity index (χ3n) is 6.76. The van der Waals surface area contributed by atoms with Gasteiger partial charge in [-0.1, -0.05) is 0 Å². The van der Waals surface area contributed by atoms with Gasteiger partial charge in [0.05, 0.1) is 31.2 Å². The lowest BCUT2D eigenvalue weighted by Crippen LogP contribution is -2.52. The van der Waals surface area contributed by atoms with Crippen LogP contribution in [0.2, 0.25) is 0 Å². The van der Waals surface area contributed by atoms with Crippen LogP contribution < -0.4 is 4.90 Å². The first-order valence-corrected chi connectivity index (χ1v) is 12.9. The van der Waals surface area contributed by atoms with Gasteiger partial charge in [-0.2, -0.15) is 0 Å². The molecule has 0 aromatic carbocycles. The number of aromatic nitrogens is 2. The molecule has 1 aromatic heterocycles. The van der Waals surface area contributed by atoms with Gasteiger partial charge < -0.3 is 24.0 Å². The second-order valence-electron chi connectivity index (χ2n) is 10.7. The number of nitrogens with zero attached hydrogens (tertiary/aromatic N) is 8. The van der Waals surface area contributed by atoms with Crippen LogP contribution in [0.1, 0.15) is 39.7 Å². The number of carbonyl (C=O) groups excluding carboxylic acids is 1. The molecule has 4 aliphatic rings. The fourth-order valence-corrected chi connectivity index (χ4v) is 4.82. The summed E-state index contributed by atoms with van der Waals surface area (Å²) < 4.78 is 16.6. The summed E-state index contributed by atoms with van der Waals surface area (Å²) in [6.07, 6.45) is 3.65. The van der Waals surface area contributed by atoms with Crippen LogP contribution in [0.15, 0.2) is 27.4 Å². The Balaban J connectivity index is 1.42. The summed E-state index contributed by atoms with van der Waals surface area (Å²) in [5.74, 6) is 3.13. The zero-order valence-corrected chi connectivity index (χ0v) is 22.3. The molecule has 1 amide bonds. The third-order valence-corrected chi connectivity index (χ3v) is 6.76. The molecule has 0 radical (unpaired) electrons. The standard InChI is InChI=1S/C25H36N8O4/c1-16-28-19-21(32-7-10-35-11-8-32)29-20(30-22(19)33(16)14-17-6-9-36-15-17)18-12-26-23(27-13-18)31(5)24(34)37-25(2,3)4/h12-13,17,19,22H,6-11,14-15H2,1-5H3/t17?,19?,22-/m0/s1. The van der Waals surface area contributed by atoms with E-state index in [2.05, 4.69) is 19.8 Å². The largest absolute Gasteiger partial charge is 0.443 e. The Morgan fingerprint density at radius 3 is 2.51 bits per heavy atom. The average molecular weight is 513 g/mol. The van der Waals surface area contributed by atoms with E-state index < -0.39 is 11.7 Å². The summed E-state index contributed by atoms with van der Waals surface area (Å²) in [6.45, 7) is 12.8. The van der Waals surface area contributed by atoms with Gasteiger partial charge in [0.2, 0.25) is 5.95 Å². The average Bonchev–Trinajstić information content (AvgIpc) is 3.50. The van der Waals surface area contributed by atoms with E-state index in [4.69, 9.17) is 29.2 Å². The number of aliphatic imine (C=N–C) groups is 3. The van der Waals surface area contributed by atoms with Crippen LogP contribution in [0, 0.1) is 5.92 Å². The number of amidine groups is 3. The molecule has 0 saturated carbocycles. The van der Waals surface area contributed by atoms with Crippen molar-refractivity contribution in [2.45, 2.75) is 51.9 Å². The van der Waals surface area contributed by atoms with Crippen molar-refractivity contribution in [3.05, 3.63) is 18.0 Å². The van der Waals surface area contributed by atoms with Crippen LogP contribution in [0.25, 0.3) is 0 Å². The summed E-state index contributed by atoms with van der Waals surface area (Å²) in [7, 11) is 1.59. The van der Waals surface area contributed by atoms with E-state index in [1.54, 1.807) is 19.4 Å². The van der Waals surface area contributed by atoms with Gasteiger partial charge in [-0.15, -0.1) is 0 Å². The number of carbonyl (C=O) groups is 1. The molecule has 12 nitrogen and oxygen atoms in total. The highest BCUT2D eigenvalue weighted by Crippen LogP contribution is 2.29. The van der Waals surface area contributed by atoms with Crippen molar-refractivity contribution in [2.75, 3.05) is 58.0 Å². The minimum atomic E-state index is -0.610. The minimum Gasteiger partial charge on any atom is -0.443 e. The molecule has 5 rings (SSSR count). The molecule has 12 heteroatoms. The Hall–Kier alpha value is -3.12. The molecule has 2 unspecified atom stereocenters. The zero-order chi connectivity index (χ0) is 26.2. The second-order valence-corrected chi connectivity index (χ2v) is 10.7. The van der Waals surface area contributed by atoms with Gasteiger partial charge in [0, 0.05) is 51.6 Å². The van der Waals surface area contributed by atoms with Gasteiger partial charge in [0.1, 0.15) is 11.4 Å². The summed E-state index contributed by atoms with van der Waals surface area (Å²) in [4.78, 5) is 42.1. The molecular formula is C25H36N8O4. The van der Waals surface area contributed by atoms with Gasteiger partial charge in [0.15, 0.2) is 18.0 Å². The van der Waals surface area contributed by atoms with Gasteiger partial charge >= 0.3 is 6.09 Å². The van der Waals surface area contributed by atoms with Crippen LogP contribution in [0.3, 0.4) is 0 Å². The molecule has 0 N–H and O–H groups in total. The fraction of sp³-hybridized carbons (Fsp3) is 0.680. The summed E-state index contributed by atoms with van der Waals surface area (Å²) in [6, 6.07) is -0.164. The van der Waals surface area contributed by atoms with Crippen LogP contribution >= 0.6 is 0 Å². The number of anilines is 1. The van der Waals surface area contributed by atoms with Crippen LogP contribution in [0.5, 0.6) is 0 Å². The lowest BCUT2D eigenvalue weighted by molar-refractivity contribution is 0.0587. The van der Waals surface area contributed by atoms with E-state index in [-0.39, 0.29) is 18.2 Å². The maximum absolute atomic E-state index is 12.4. The van der Waals surface area contributed by atoms with Gasteiger partial charge in [0.25, 0.3) is 0 Å². The van der Waals surface area contributed by atoms with E-state index in [0.717, 1.165) is 50.9 Å². The summed E-state index contributed by atoms with van der Waals surface area (Å²) >= 11 is 0. The van der Waals surface area contributed by atoms with Crippen molar-refractivity contribution < 1.29 is 19.0 Å². The molecule has 0 spiro atoms. The molecule has 200 valence electrons. The topological polar surface area (TPSA) is 117 Å². The lowest BCUT2D eigenvalue weighted by Gasteiger charge is -2.37. The van der Waals surface area contributed by atoms with Crippen molar-refractivity contribution >= 4 is 29.5 Å². The van der Waals surface area contributed by atoms with Crippen LogP contribution in [0.4, 0.5) is 10.7 Å². The number of hydrogen-bond donors (Lipinski definition) is 0. The Morgan fingerprint density at radius 1 is 1.14 bits per heavy atom. The van der Waals surface area contributed by atoms with Gasteiger partial charge in [-0.25, -0.2) is 29.6 Å². The Kier molecular flexibility index (Phi) is 7.13. The Labute approximate surface area is 217 Å². The normalized spacial score (nSPS) is 25.9. The molecule has 2 saturated heterocycles. The SMILES string of the molecule is CC1=NC2C(N3CCOCC3)=NC(c3cnc(N(C)C(=O)OC(C)(C)C)nc3)=N[C@H]2N1CC1CCOC1. The second kappa shape index (κ2) is 10.3. The predicted octanol–water partition coefficient (Wildman–Crippen LogP) is 1.80. The smallest absolute Gasteiger partial charge is 0.416 e. The van der Waals surface area contributed by atoms with E-state index in [1.165, 1.54) is 4.90 Å². The first kappa shape index (κ1) is 25.5. The number of amides is 1. The summed E-state index contributed by atoms with van der Waals surface area (Å²) in [5.41, 5.74) is 0.0700. The number of fused-ring (bicyclic) bond motifs is 1. The Morgan fingerprint density at radius 2 is 1.86 bits per heavy atom. The highest BCUT2D eigenvalue weighted by molar-refractivity contribution is 6.10. The molecular weight excluding hydrogens is 476 g/mol. The minimum absolute atomic E-state index is 0.164. The maximum atomic E-state index is 12.4. The van der Waals surface area contributed by atoms with Crippen LogP contribution in [-0.4, -0.2) is 114 Å². The Bertz CT molecular complexity index is 1080. The van der Waals surface area contributed by atoms with Gasteiger partial charge in [-0.05, 0) is 34.1 Å². The molecule has 3 atom stereocenters. The molecule has 37 heavy (non-hydrogen) atoms. The molecule has 1 aromatic rings. The lowest BCUT2D eigenvalue weighted by atomic mass is 10.1. The molecule has 4 aliphatic heterocycles. The van der Waals surface area contributed by atoms with Crippen molar-refractivity contribution in [3.63, 3.8) is 0 Å². The summed E-state index contributed by atoms with van der Waals surface area (Å²) in [5, 5.41) is 0. The van der Waals surface area contributed by atoms with E-state index in [9.17, 15) is 4.79 Å².